The standard InChI is InChI=1S/C53H30N4O2/c1-2-13-32-28-35(25-24-31(32)12-1)51-54-52(40-19-11-23-47-48(40)39-18-7-10-22-46(39)58-47)56-53(55-51)49-43(27-26-38-37-17-6-9-21-45(37)59-50(38)49)57-42-20-8-5-16-36(42)41-29-33-14-3-4-15-34(33)30-44(41)57/h1-30H. The van der Waals surface area contributed by atoms with Crippen molar-refractivity contribution < 1.29 is 8.83 Å². The average Bonchev–Trinajstić information content (AvgIpc) is 3.97. The number of fused-ring (bicyclic) bond motifs is 11. The molecule has 4 heterocycles. The summed E-state index contributed by atoms with van der Waals surface area (Å²) in [7, 11) is 0. The number of furan rings is 2. The van der Waals surface area contributed by atoms with Crippen LogP contribution >= 0.6 is 0 Å². The Morgan fingerprint density at radius 2 is 1.02 bits per heavy atom. The Morgan fingerprint density at radius 1 is 0.373 bits per heavy atom. The molecule has 0 fully saturated rings. The fraction of sp³-hybridized carbons (Fsp3) is 0. The van der Waals surface area contributed by atoms with E-state index >= 15 is 0 Å². The molecule has 6 heteroatoms. The van der Waals surface area contributed by atoms with Gasteiger partial charge in [-0.2, -0.15) is 0 Å². The number of para-hydroxylation sites is 3. The molecule has 0 aliphatic rings. The minimum atomic E-state index is 0.509. The molecular formula is C53H30N4O2. The van der Waals surface area contributed by atoms with E-state index in [1.165, 1.54) is 10.8 Å². The molecule has 0 saturated carbocycles. The van der Waals surface area contributed by atoms with Crippen molar-refractivity contribution in [2.24, 2.45) is 0 Å². The van der Waals surface area contributed by atoms with Crippen LogP contribution in [0.2, 0.25) is 0 Å². The minimum Gasteiger partial charge on any atom is -0.456 e. The molecule has 0 unspecified atom stereocenters. The van der Waals surface area contributed by atoms with Gasteiger partial charge < -0.3 is 13.4 Å². The fourth-order valence-electron chi connectivity index (χ4n) is 9.12. The summed E-state index contributed by atoms with van der Waals surface area (Å²) in [5, 5.41) is 10.9. The first kappa shape index (κ1) is 32.0. The van der Waals surface area contributed by atoms with E-state index in [4.69, 9.17) is 23.8 Å². The van der Waals surface area contributed by atoms with Gasteiger partial charge in [0, 0.05) is 43.4 Å². The summed E-state index contributed by atoms with van der Waals surface area (Å²) in [4.78, 5) is 16.2. The number of nitrogens with zero attached hydrogens (tertiary/aromatic N) is 4. The summed E-state index contributed by atoms with van der Waals surface area (Å²) in [6, 6.07) is 63.3. The highest BCUT2D eigenvalue weighted by Gasteiger charge is 2.25. The predicted molar refractivity (Wildman–Crippen MR) is 240 cm³/mol. The summed E-state index contributed by atoms with van der Waals surface area (Å²) in [6.07, 6.45) is 0. The Bertz CT molecular complexity index is 3870. The quantitative estimate of drug-likeness (QED) is 0.179. The highest BCUT2D eigenvalue weighted by molar-refractivity contribution is 6.16. The van der Waals surface area contributed by atoms with Crippen LogP contribution in [-0.4, -0.2) is 19.5 Å². The van der Waals surface area contributed by atoms with E-state index in [1.54, 1.807) is 0 Å². The Balaban J connectivity index is 1.18. The molecule has 13 rings (SSSR count). The van der Waals surface area contributed by atoms with Crippen LogP contribution in [0.4, 0.5) is 0 Å². The first-order chi connectivity index (χ1) is 29.2. The molecule has 0 bridgehead atoms. The Labute approximate surface area is 336 Å². The SMILES string of the molecule is c1ccc2cc(-c3nc(-c4c(-n5c6ccccc6c6cc7ccccc7cc65)ccc5c4oc4ccccc45)nc(-c4cccc5oc6ccccc6c45)n3)ccc2c1. The van der Waals surface area contributed by atoms with Gasteiger partial charge in [-0.15, -0.1) is 0 Å². The molecular weight excluding hydrogens is 725 g/mol. The number of benzene rings is 9. The topological polar surface area (TPSA) is 69.9 Å². The number of hydrogen-bond acceptors (Lipinski definition) is 5. The molecule has 0 N–H and O–H groups in total. The van der Waals surface area contributed by atoms with E-state index in [9.17, 15) is 0 Å². The lowest BCUT2D eigenvalue weighted by atomic mass is 10.0. The number of aromatic nitrogens is 4. The lowest BCUT2D eigenvalue weighted by Gasteiger charge is -2.15. The molecule has 0 spiro atoms. The maximum absolute atomic E-state index is 6.91. The van der Waals surface area contributed by atoms with Crippen molar-refractivity contribution in [3.05, 3.63) is 182 Å². The lowest BCUT2D eigenvalue weighted by Crippen LogP contribution is -2.04. The van der Waals surface area contributed by atoms with Gasteiger partial charge in [0.25, 0.3) is 0 Å². The zero-order valence-electron chi connectivity index (χ0n) is 31.4. The van der Waals surface area contributed by atoms with Crippen LogP contribution in [0.15, 0.2) is 191 Å². The van der Waals surface area contributed by atoms with Gasteiger partial charge in [-0.05, 0) is 76.1 Å². The number of hydrogen-bond donors (Lipinski definition) is 0. The highest BCUT2D eigenvalue weighted by Crippen LogP contribution is 2.44. The summed E-state index contributed by atoms with van der Waals surface area (Å²) in [6.45, 7) is 0. The van der Waals surface area contributed by atoms with E-state index in [1.807, 2.05) is 42.5 Å². The molecule has 4 aromatic heterocycles. The maximum atomic E-state index is 6.91. The third kappa shape index (κ3) is 4.77. The van der Waals surface area contributed by atoms with Gasteiger partial charge >= 0.3 is 0 Å². The summed E-state index contributed by atoms with van der Waals surface area (Å²) >= 11 is 0. The van der Waals surface area contributed by atoms with E-state index in [2.05, 4.69) is 144 Å². The van der Waals surface area contributed by atoms with Crippen molar-refractivity contribution in [2.75, 3.05) is 0 Å². The molecule has 0 aliphatic heterocycles. The second kappa shape index (κ2) is 12.2. The first-order valence-electron chi connectivity index (χ1n) is 19.8. The Morgan fingerprint density at radius 3 is 1.86 bits per heavy atom. The van der Waals surface area contributed by atoms with E-state index in [0.717, 1.165) is 93.2 Å². The fourth-order valence-corrected chi connectivity index (χ4v) is 9.12. The highest BCUT2D eigenvalue weighted by atomic mass is 16.3. The molecule has 274 valence electrons. The zero-order valence-corrected chi connectivity index (χ0v) is 31.4. The monoisotopic (exact) mass is 754 g/mol. The smallest absolute Gasteiger partial charge is 0.170 e. The third-order valence-corrected chi connectivity index (χ3v) is 11.8. The molecule has 0 aliphatic carbocycles. The third-order valence-electron chi connectivity index (χ3n) is 11.8. The summed E-state index contributed by atoms with van der Waals surface area (Å²) < 4.78 is 15.6. The van der Waals surface area contributed by atoms with E-state index in [-0.39, 0.29) is 0 Å². The van der Waals surface area contributed by atoms with Gasteiger partial charge in [-0.25, -0.2) is 15.0 Å². The summed E-state index contributed by atoms with van der Waals surface area (Å²) in [5.74, 6) is 1.62. The van der Waals surface area contributed by atoms with Gasteiger partial charge in [0.1, 0.15) is 22.3 Å². The molecule has 9 aromatic carbocycles. The van der Waals surface area contributed by atoms with Gasteiger partial charge in [0.15, 0.2) is 17.5 Å². The van der Waals surface area contributed by atoms with Gasteiger partial charge in [-0.3, -0.25) is 0 Å². The molecule has 0 atom stereocenters. The van der Waals surface area contributed by atoms with E-state index in [0.29, 0.717) is 23.1 Å². The van der Waals surface area contributed by atoms with Crippen molar-refractivity contribution in [2.45, 2.75) is 0 Å². The van der Waals surface area contributed by atoms with Crippen molar-refractivity contribution in [3.8, 4) is 39.9 Å². The zero-order chi connectivity index (χ0) is 38.6. The Hall–Kier alpha value is -8.09. The lowest BCUT2D eigenvalue weighted by molar-refractivity contribution is 0.668. The molecule has 59 heavy (non-hydrogen) atoms. The second-order valence-corrected chi connectivity index (χ2v) is 15.1. The largest absolute Gasteiger partial charge is 0.456 e. The van der Waals surface area contributed by atoms with Crippen molar-refractivity contribution in [3.63, 3.8) is 0 Å². The molecule has 0 saturated heterocycles. The average molecular weight is 755 g/mol. The van der Waals surface area contributed by atoms with Gasteiger partial charge in [-0.1, -0.05) is 127 Å². The van der Waals surface area contributed by atoms with Crippen LogP contribution in [0.1, 0.15) is 0 Å². The van der Waals surface area contributed by atoms with Crippen LogP contribution in [0.25, 0.3) is 127 Å². The molecule has 13 aromatic rings. The van der Waals surface area contributed by atoms with Crippen molar-refractivity contribution >= 4 is 87.2 Å². The molecule has 0 radical (unpaired) electrons. The first-order valence-corrected chi connectivity index (χ1v) is 19.8. The predicted octanol–water partition coefficient (Wildman–Crippen LogP) is 14.1. The normalized spacial score (nSPS) is 12.1. The maximum Gasteiger partial charge on any atom is 0.170 e. The summed E-state index contributed by atoms with van der Waals surface area (Å²) in [5.41, 5.74) is 8.70. The van der Waals surface area contributed by atoms with Crippen molar-refractivity contribution in [1.29, 1.82) is 0 Å². The second-order valence-electron chi connectivity index (χ2n) is 15.1. The van der Waals surface area contributed by atoms with Gasteiger partial charge in [0.2, 0.25) is 0 Å². The van der Waals surface area contributed by atoms with Crippen LogP contribution in [0, 0.1) is 0 Å². The van der Waals surface area contributed by atoms with Gasteiger partial charge in [0.05, 0.1) is 22.3 Å². The number of rotatable bonds is 4. The minimum absolute atomic E-state index is 0.509. The van der Waals surface area contributed by atoms with Crippen LogP contribution in [-0.2, 0) is 0 Å². The van der Waals surface area contributed by atoms with Crippen molar-refractivity contribution in [1.82, 2.24) is 19.5 Å². The van der Waals surface area contributed by atoms with Crippen LogP contribution in [0.3, 0.4) is 0 Å². The Kier molecular flexibility index (Phi) is 6.63. The molecule has 6 nitrogen and oxygen atoms in total. The van der Waals surface area contributed by atoms with E-state index < -0.39 is 0 Å². The van der Waals surface area contributed by atoms with Crippen LogP contribution in [0.5, 0.6) is 0 Å². The van der Waals surface area contributed by atoms with Crippen LogP contribution < -0.4 is 0 Å². The molecule has 0 amide bonds.